The molecular weight excluding hydrogens is 302 g/mol. The number of benzene rings is 2. The van der Waals surface area contributed by atoms with Crippen molar-refractivity contribution in [3.05, 3.63) is 70.2 Å². The first-order valence-corrected chi connectivity index (χ1v) is 7.14. The van der Waals surface area contributed by atoms with Crippen molar-refractivity contribution in [3.63, 3.8) is 0 Å². The molecule has 22 heavy (non-hydrogen) atoms. The van der Waals surface area contributed by atoms with E-state index in [2.05, 4.69) is 10.1 Å². The predicted molar refractivity (Wildman–Crippen MR) is 85.1 cm³/mol. The van der Waals surface area contributed by atoms with E-state index in [1.165, 1.54) is 7.11 Å². The lowest BCUT2D eigenvalue weighted by Gasteiger charge is -2.14. The van der Waals surface area contributed by atoms with Crippen molar-refractivity contribution in [1.29, 1.82) is 0 Å². The molecule has 0 saturated carbocycles. The van der Waals surface area contributed by atoms with Gasteiger partial charge >= 0.3 is 5.97 Å². The van der Waals surface area contributed by atoms with Crippen molar-refractivity contribution >= 4 is 23.5 Å². The third-order valence-corrected chi connectivity index (χ3v) is 3.54. The van der Waals surface area contributed by atoms with E-state index in [-0.39, 0.29) is 11.9 Å². The summed E-state index contributed by atoms with van der Waals surface area (Å²) in [6.07, 6.45) is 0. The van der Waals surface area contributed by atoms with Gasteiger partial charge in [-0.05, 0) is 48.9 Å². The fraction of sp³-hybridized carbons (Fsp3) is 0.176. The van der Waals surface area contributed by atoms with Gasteiger partial charge in [0.05, 0.1) is 18.7 Å². The van der Waals surface area contributed by atoms with Gasteiger partial charge in [0.1, 0.15) is 0 Å². The minimum atomic E-state index is -0.429. The molecule has 0 radical (unpaired) electrons. The summed E-state index contributed by atoms with van der Waals surface area (Å²) in [6.45, 7) is 1.89. The fourth-order valence-corrected chi connectivity index (χ4v) is 2.12. The highest BCUT2D eigenvalue weighted by Gasteiger charge is 2.12. The molecule has 5 heteroatoms. The van der Waals surface area contributed by atoms with Gasteiger partial charge in [0.25, 0.3) is 5.91 Å². The Morgan fingerprint density at radius 3 is 2.09 bits per heavy atom. The molecule has 0 aliphatic rings. The molecule has 0 aromatic heterocycles. The van der Waals surface area contributed by atoms with Gasteiger partial charge in [-0.25, -0.2) is 4.79 Å². The number of halogens is 1. The summed E-state index contributed by atoms with van der Waals surface area (Å²) in [6, 6.07) is 13.5. The second-order valence-corrected chi connectivity index (χ2v) is 5.25. The maximum Gasteiger partial charge on any atom is 0.337 e. The summed E-state index contributed by atoms with van der Waals surface area (Å²) in [4.78, 5) is 23.5. The largest absolute Gasteiger partial charge is 0.465 e. The van der Waals surface area contributed by atoms with Crippen LogP contribution in [0.4, 0.5) is 0 Å². The van der Waals surface area contributed by atoms with Crippen molar-refractivity contribution in [2.24, 2.45) is 0 Å². The number of rotatable bonds is 4. The third kappa shape index (κ3) is 3.86. The Balaban J connectivity index is 2.05. The first-order chi connectivity index (χ1) is 10.5. The molecule has 2 rings (SSSR count). The van der Waals surface area contributed by atoms with E-state index in [4.69, 9.17) is 11.6 Å². The molecule has 2 aromatic rings. The Hall–Kier alpha value is -2.33. The number of hydrogen-bond donors (Lipinski definition) is 1. The molecule has 0 fully saturated rings. The van der Waals surface area contributed by atoms with E-state index in [1.54, 1.807) is 36.4 Å². The summed E-state index contributed by atoms with van der Waals surface area (Å²) < 4.78 is 4.62. The molecule has 2 aromatic carbocycles. The van der Waals surface area contributed by atoms with E-state index < -0.39 is 5.97 Å². The van der Waals surface area contributed by atoms with Crippen molar-refractivity contribution < 1.29 is 14.3 Å². The van der Waals surface area contributed by atoms with E-state index in [0.29, 0.717) is 16.1 Å². The highest BCUT2D eigenvalue weighted by atomic mass is 35.5. The Morgan fingerprint density at radius 2 is 1.55 bits per heavy atom. The molecule has 114 valence electrons. The van der Waals surface area contributed by atoms with Crippen molar-refractivity contribution in [2.75, 3.05) is 7.11 Å². The molecule has 0 bridgehead atoms. The SMILES string of the molecule is COC(=O)c1ccc(C(=O)NC(C)c2ccc(Cl)cc2)cc1. The molecule has 0 aliphatic heterocycles. The Labute approximate surface area is 134 Å². The van der Waals surface area contributed by atoms with Crippen molar-refractivity contribution in [3.8, 4) is 0 Å². The number of carbonyl (C=O) groups excluding carboxylic acids is 2. The normalized spacial score (nSPS) is 11.6. The van der Waals surface area contributed by atoms with Crippen LogP contribution < -0.4 is 5.32 Å². The van der Waals surface area contributed by atoms with Crippen LogP contribution in [0.3, 0.4) is 0 Å². The van der Waals surface area contributed by atoms with E-state index in [1.807, 2.05) is 19.1 Å². The Kier molecular flexibility index (Phi) is 5.17. The van der Waals surface area contributed by atoms with Gasteiger partial charge in [0.2, 0.25) is 0 Å². The summed E-state index contributed by atoms with van der Waals surface area (Å²) in [7, 11) is 1.32. The van der Waals surface area contributed by atoms with Gasteiger partial charge in [-0.3, -0.25) is 4.79 Å². The van der Waals surface area contributed by atoms with Crippen molar-refractivity contribution in [1.82, 2.24) is 5.32 Å². The minimum Gasteiger partial charge on any atom is -0.465 e. The molecule has 1 unspecified atom stereocenters. The van der Waals surface area contributed by atoms with E-state index in [0.717, 1.165) is 5.56 Å². The number of carbonyl (C=O) groups is 2. The maximum absolute atomic E-state index is 12.2. The van der Waals surface area contributed by atoms with Crippen LogP contribution in [0.5, 0.6) is 0 Å². The minimum absolute atomic E-state index is 0.148. The van der Waals surface area contributed by atoms with Crippen LogP contribution in [0.2, 0.25) is 5.02 Å². The number of hydrogen-bond acceptors (Lipinski definition) is 3. The molecular formula is C17H16ClNO3. The molecule has 1 amide bonds. The second-order valence-electron chi connectivity index (χ2n) is 4.82. The first kappa shape index (κ1) is 16.0. The van der Waals surface area contributed by atoms with Gasteiger partial charge in [-0.2, -0.15) is 0 Å². The average molecular weight is 318 g/mol. The zero-order chi connectivity index (χ0) is 16.1. The van der Waals surface area contributed by atoms with E-state index in [9.17, 15) is 9.59 Å². The van der Waals surface area contributed by atoms with Gasteiger partial charge < -0.3 is 10.1 Å². The van der Waals surface area contributed by atoms with Gasteiger partial charge in [-0.15, -0.1) is 0 Å². The summed E-state index contributed by atoms with van der Waals surface area (Å²) >= 11 is 5.85. The smallest absolute Gasteiger partial charge is 0.337 e. The number of esters is 1. The van der Waals surface area contributed by atoms with Crippen LogP contribution in [0.25, 0.3) is 0 Å². The van der Waals surface area contributed by atoms with Crippen LogP contribution in [-0.4, -0.2) is 19.0 Å². The fourth-order valence-electron chi connectivity index (χ4n) is 1.99. The number of amides is 1. The maximum atomic E-state index is 12.2. The van der Waals surface area contributed by atoms with Gasteiger partial charge in [-0.1, -0.05) is 23.7 Å². The zero-order valence-corrected chi connectivity index (χ0v) is 13.1. The van der Waals surface area contributed by atoms with Crippen LogP contribution in [-0.2, 0) is 4.74 Å². The number of ether oxygens (including phenoxy) is 1. The predicted octanol–water partition coefficient (Wildman–Crippen LogP) is 3.62. The lowest BCUT2D eigenvalue weighted by atomic mass is 10.1. The van der Waals surface area contributed by atoms with Crippen molar-refractivity contribution in [2.45, 2.75) is 13.0 Å². The summed E-state index contributed by atoms with van der Waals surface area (Å²) in [5, 5.41) is 3.55. The lowest BCUT2D eigenvalue weighted by molar-refractivity contribution is 0.0600. The topological polar surface area (TPSA) is 55.4 Å². The first-order valence-electron chi connectivity index (χ1n) is 6.76. The molecule has 0 heterocycles. The lowest BCUT2D eigenvalue weighted by Crippen LogP contribution is -2.26. The zero-order valence-electron chi connectivity index (χ0n) is 12.3. The third-order valence-electron chi connectivity index (χ3n) is 3.29. The van der Waals surface area contributed by atoms with Crippen LogP contribution in [0, 0.1) is 0 Å². The Morgan fingerprint density at radius 1 is 1.00 bits per heavy atom. The average Bonchev–Trinajstić information content (AvgIpc) is 2.54. The Bertz CT molecular complexity index is 665. The highest BCUT2D eigenvalue weighted by Crippen LogP contribution is 2.16. The summed E-state index contributed by atoms with van der Waals surface area (Å²) in [5.41, 5.74) is 1.85. The van der Waals surface area contributed by atoms with Crippen LogP contribution in [0.1, 0.15) is 39.2 Å². The molecule has 1 N–H and O–H groups in total. The second kappa shape index (κ2) is 7.09. The highest BCUT2D eigenvalue weighted by molar-refractivity contribution is 6.30. The standard InChI is InChI=1S/C17H16ClNO3/c1-11(12-7-9-15(18)10-8-12)19-16(20)13-3-5-14(6-4-13)17(21)22-2/h3-11H,1-2H3,(H,19,20). The van der Waals surface area contributed by atoms with Gasteiger partial charge in [0, 0.05) is 10.6 Å². The molecule has 0 spiro atoms. The van der Waals surface area contributed by atoms with Crippen LogP contribution in [0.15, 0.2) is 48.5 Å². The van der Waals surface area contributed by atoms with E-state index >= 15 is 0 Å². The quantitative estimate of drug-likeness (QED) is 0.876. The van der Waals surface area contributed by atoms with Crippen LogP contribution >= 0.6 is 11.6 Å². The molecule has 4 nitrogen and oxygen atoms in total. The number of nitrogens with one attached hydrogen (secondary N) is 1. The monoisotopic (exact) mass is 317 g/mol. The molecule has 0 aliphatic carbocycles. The van der Waals surface area contributed by atoms with Gasteiger partial charge in [0.15, 0.2) is 0 Å². The number of methoxy groups -OCH3 is 1. The molecule has 0 saturated heterocycles. The summed E-state index contributed by atoms with van der Waals surface area (Å²) in [5.74, 6) is -0.639. The molecule has 1 atom stereocenters.